The minimum atomic E-state index is 0.0624. The lowest BCUT2D eigenvalue weighted by Gasteiger charge is -2.23. The highest BCUT2D eigenvalue weighted by Gasteiger charge is 2.12. The summed E-state index contributed by atoms with van der Waals surface area (Å²) < 4.78 is 0. The lowest BCUT2D eigenvalue weighted by Crippen LogP contribution is -2.30. The number of benzene rings is 2. The summed E-state index contributed by atoms with van der Waals surface area (Å²) >= 11 is 0. The van der Waals surface area contributed by atoms with Crippen molar-refractivity contribution >= 4 is 11.5 Å². The SMILES string of the molecule is N#CCCN(CC(=O)c1ccccc1)c1ccccc1. The van der Waals surface area contributed by atoms with Crippen molar-refractivity contribution in [1.82, 2.24) is 0 Å². The van der Waals surface area contributed by atoms with Crippen LogP contribution in [0.3, 0.4) is 0 Å². The van der Waals surface area contributed by atoms with E-state index in [0.29, 0.717) is 18.5 Å². The number of ketones is 1. The van der Waals surface area contributed by atoms with E-state index in [2.05, 4.69) is 6.07 Å². The quantitative estimate of drug-likeness (QED) is 0.752. The molecular formula is C17H16N2O. The van der Waals surface area contributed by atoms with Crippen LogP contribution in [0.15, 0.2) is 60.7 Å². The van der Waals surface area contributed by atoms with E-state index in [4.69, 9.17) is 5.26 Å². The fourth-order valence-electron chi connectivity index (χ4n) is 2.01. The highest BCUT2D eigenvalue weighted by molar-refractivity contribution is 5.99. The van der Waals surface area contributed by atoms with Gasteiger partial charge in [-0.15, -0.1) is 0 Å². The summed E-state index contributed by atoms with van der Waals surface area (Å²) in [6.45, 7) is 0.842. The molecule has 0 saturated heterocycles. The molecule has 0 atom stereocenters. The number of carbonyl (C=O) groups is 1. The first kappa shape index (κ1) is 13.8. The Bertz CT molecular complexity index is 587. The van der Waals surface area contributed by atoms with E-state index in [1.165, 1.54) is 0 Å². The molecule has 100 valence electrons. The smallest absolute Gasteiger partial charge is 0.182 e. The normalized spacial score (nSPS) is 9.75. The monoisotopic (exact) mass is 264 g/mol. The molecule has 3 heteroatoms. The van der Waals surface area contributed by atoms with E-state index in [9.17, 15) is 4.79 Å². The van der Waals surface area contributed by atoms with Crippen LogP contribution in [0.2, 0.25) is 0 Å². The second kappa shape index (κ2) is 7.10. The van der Waals surface area contributed by atoms with Crippen LogP contribution >= 0.6 is 0 Å². The van der Waals surface area contributed by atoms with Crippen LogP contribution in [0.1, 0.15) is 16.8 Å². The molecule has 0 radical (unpaired) electrons. The summed E-state index contributed by atoms with van der Waals surface area (Å²) in [6.07, 6.45) is 0.400. The molecule has 0 aliphatic carbocycles. The van der Waals surface area contributed by atoms with Crippen molar-refractivity contribution < 1.29 is 4.79 Å². The van der Waals surface area contributed by atoms with Crippen LogP contribution in [0.5, 0.6) is 0 Å². The Morgan fingerprint density at radius 1 is 1.00 bits per heavy atom. The number of para-hydroxylation sites is 1. The zero-order valence-electron chi connectivity index (χ0n) is 11.2. The lowest BCUT2D eigenvalue weighted by molar-refractivity contribution is 0.0999. The van der Waals surface area contributed by atoms with Gasteiger partial charge in [0.2, 0.25) is 0 Å². The van der Waals surface area contributed by atoms with E-state index in [1.54, 1.807) is 0 Å². The molecular weight excluding hydrogens is 248 g/mol. The predicted octanol–water partition coefficient (Wildman–Crippen LogP) is 3.29. The van der Waals surface area contributed by atoms with Crippen molar-refractivity contribution in [2.75, 3.05) is 18.0 Å². The van der Waals surface area contributed by atoms with Crippen molar-refractivity contribution in [1.29, 1.82) is 5.26 Å². The van der Waals surface area contributed by atoms with Crippen molar-refractivity contribution in [3.8, 4) is 6.07 Å². The summed E-state index contributed by atoms with van der Waals surface area (Å²) in [5, 5.41) is 8.75. The Balaban J connectivity index is 2.12. The predicted molar refractivity (Wildman–Crippen MR) is 79.7 cm³/mol. The Labute approximate surface area is 119 Å². The number of rotatable bonds is 6. The molecule has 20 heavy (non-hydrogen) atoms. The number of hydrogen-bond donors (Lipinski definition) is 0. The third-order valence-corrected chi connectivity index (χ3v) is 3.05. The molecule has 0 bridgehead atoms. The van der Waals surface area contributed by atoms with Gasteiger partial charge in [-0.1, -0.05) is 48.5 Å². The minimum Gasteiger partial charge on any atom is -0.363 e. The third kappa shape index (κ3) is 3.69. The summed E-state index contributed by atoms with van der Waals surface area (Å²) in [4.78, 5) is 14.2. The van der Waals surface area contributed by atoms with Crippen LogP contribution in [0.4, 0.5) is 5.69 Å². The van der Waals surface area contributed by atoms with Crippen molar-refractivity contribution in [2.24, 2.45) is 0 Å². The Morgan fingerprint density at radius 3 is 2.20 bits per heavy atom. The molecule has 3 nitrogen and oxygen atoms in total. The van der Waals surface area contributed by atoms with Gasteiger partial charge in [0.05, 0.1) is 19.0 Å². The van der Waals surface area contributed by atoms with E-state index in [0.717, 1.165) is 5.69 Å². The van der Waals surface area contributed by atoms with Gasteiger partial charge in [0.1, 0.15) is 0 Å². The van der Waals surface area contributed by atoms with Gasteiger partial charge in [-0.3, -0.25) is 4.79 Å². The van der Waals surface area contributed by atoms with Crippen molar-refractivity contribution in [3.63, 3.8) is 0 Å². The molecule has 0 saturated carbocycles. The molecule has 2 rings (SSSR count). The highest BCUT2D eigenvalue weighted by Crippen LogP contribution is 2.14. The number of hydrogen-bond acceptors (Lipinski definition) is 3. The molecule has 0 unspecified atom stereocenters. The molecule has 0 fully saturated rings. The maximum atomic E-state index is 12.3. The van der Waals surface area contributed by atoms with E-state index >= 15 is 0 Å². The largest absolute Gasteiger partial charge is 0.363 e. The van der Waals surface area contributed by atoms with Crippen LogP contribution in [-0.2, 0) is 0 Å². The van der Waals surface area contributed by atoms with Crippen molar-refractivity contribution in [2.45, 2.75) is 6.42 Å². The molecule has 0 spiro atoms. The first-order valence-electron chi connectivity index (χ1n) is 6.56. The molecule has 0 heterocycles. The fraction of sp³-hybridized carbons (Fsp3) is 0.176. The van der Waals surface area contributed by atoms with Gasteiger partial charge in [0, 0.05) is 17.8 Å². The van der Waals surface area contributed by atoms with Crippen LogP contribution < -0.4 is 4.90 Å². The average Bonchev–Trinajstić information content (AvgIpc) is 2.53. The first-order valence-corrected chi connectivity index (χ1v) is 6.56. The number of nitriles is 1. The van der Waals surface area contributed by atoms with Gasteiger partial charge in [-0.05, 0) is 12.1 Å². The number of nitrogens with zero attached hydrogens (tertiary/aromatic N) is 2. The summed E-state index contributed by atoms with van der Waals surface area (Å²) in [7, 11) is 0. The van der Waals surface area contributed by atoms with E-state index in [-0.39, 0.29) is 12.3 Å². The van der Waals surface area contributed by atoms with Gasteiger partial charge in [0.15, 0.2) is 5.78 Å². The lowest BCUT2D eigenvalue weighted by atomic mass is 10.1. The zero-order chi connectivity index (χ0) is 14.2. The van der Waals surface area contributed by atoms with Gasteiger partial charge < -0.3 is 4.90 Å². The Hall–Kier alpha value is -2.60. The third-order valence-electron chi connectivity index (χ3n) is 3.05. The molecule has 0 amide bonds. The molecule has 2 aromatic rings. The number of carbonyl (C=O) groups excluding carboxylic acids is 1. The van der Waals surface area contributed by atoms with Crippen LogP contribution in [0, 0.1) is 11.3 Å². The molecule has 0 aliphatic rings. The summed E-state index contributed by atoms with van der Waals surface area (Å²) in [6, 6.07) is 21.1. The number of anilines is 1. The fourth-order valence-corrected chi connectivity index (χ4v) is 2.01. The molecule has 0 N–H and O–H groups in total. The van der Waals surface area contributed by atoms with Gasteiger partial charge >= 0.3 is 0 Å². The van der Waals surface area contributed by atoms with Gasteiger partial charge in [-0.25, -0.2) is 0 Å². The van der Waals surface area contributed by atoms with Gasteiger partial charge in [-0.2, -0.15) is 5.26 Å². The first-order chi connectivity index (χ1) is 9.81. The topological polar surface area (TPSA) is 44.1 Å². The summed E-state index contributed by atoms with van der Waals surface area (Å²) in [5.74, 6) is 0.0624. The zero-order valence-corrected chi connectivity index (χ0v) is 11.2. The standard InChI is InChI=1S/C17H16N2O/c18-12-7-13-19(16-10-5-2-6-11-16)14-17(20)15-8-3-1-4-9-15/h1-6,8-11H,7,13-14H2. The van der Waals surface area contributed by atoms with Crippen LogP contribution in [-0.4, -0.2) is 18.9 Å². The molecule has 2 aromatic carbocycles. The Morgan fingerprint density at radius 2 is 1.60 bits per heavy atom. The number of Topliss-reactive ketones (excluding diaryl/α,β-unsaturated/α-hetero) is 1. The average molecular weight is 264 g/mol. The second-order valence-electron chi connectivity index (χ2n) is 4.45. The highest BCUT2D eigenvalue weighted by atomic mass is 16.1. The molecule has 0 aliphatic heterocycles. The van der Waals surface area contributed by atoms with E-state index in [1.807, 2.05) is 65.6 Å². The minimum absolute atomic E-state index is 0.0624. The Kier molecular flexibility index (Phi) is 4.91. The van der Waals surface area contributed by atoms with Crippen molar-refractivity contribution in [3.05, 3.63) is 66.2 Å². The van der Waals surface area contributed by atoms with Crippen LogP contribution in [0.25, 0.3) is 0 Å². The summed E-state index contributed by atoms with van der Waals surface area (Å²) in [5.41, 5.74) is 1.66. The van der Waals surface area contributed by atoms with Gasteiger partial charge in [0.25, 0.3) is 0 Å². The second-order valence-corrected chi connectivity index (χ2v) is 4.45. The maximum Gasteiger partial charge on any atom is 0.182 e. The molecule has 0 aromatic heterocycles. The van der Waals surface area contributed by atoms with E-state index < -0.39 is 0 Å². The maximum absolute atomic E-state index is 12.3.